The van der Waals surface area contributed by atoms with Gasteiger partial charge < -0.3 is 0 Å². The van der Waals surface area contributed by atoms with Crippen molar-refractivity contribution in [3.63, 3.8) is 0 Å². The van der Waals surface area contributed by atoms with Crippen molar-refractivity contribution in [1.29, 1.82) is 0 Å². The third-order valence-corrected chi connectivity index (χ3v) is 1.36. The van der Waals surface area contributed by atoms with Gasteiger partial charge in [-0.05, 0) is 13.0 Å². The van der Waals surface area contributed by atoms with Crippen LogP contribution in [0.15, 0.2) is 23.6 Å². The zero-order chi connectivity index (χ0) is 7.78. The molecule has 0 bridgehead atoms. The summed E-state index contributed by atoms with van der Waals surface area (Å²) in [6.45, 7) is 1.55. The van der Waals surface area contributed by atoms with Crippen LogP contribution in [0.25, 0.3) is 0 Å². The molecule has 0 amide bonds. The minimum Gasteiger partial charge on any atom is -0.205 e. The first-order valence-electron chi connectivity index (χ1n) is 2.93. The Labute approximate surface area is 57.0 Å². The molecule has 1 aliphatic rings. The summed E-state index contributed by atoms with van der Waals surface area (Å²) in [6, 6.07) is 0. The van der Waals surface area contributed by atoms with Gasteiger partial charge in [0.05, 0.1) is 0 Å². The number of hydrogen-bond acceptors (Lipinski definition) is 0. The predicted molar refractivity (Wildman–Crippen MR) is 32.5 cm³/mol. The van der Waals surface area contributed by atoms with Gasteiger partial charge in [0.15, 0.2) is 5.83 Å². The lowest BCUT2D eigenvalue weighted by molar-refractivity contribution is 0.0171. The molecule has 0 aromatic carbocycles. The van der Waals surface area contributed by atoms with Crippen molar-refractivity contribution < 1.29 is 13.2 Å². The molecule has 0 heterocycles. The summed E-state index contributed by atoms with van der Waals surface area (Å²) in [5, 5.41) is 0. The summed E-state index contributed by atoms with van der Waals surface area (Å²) >= 11 is 0. The third-order valence-electron chi connectivity index (χ3n) is 1.36. The van der Waals surface area contributed by atoms with Gasteiger partial charge in [0.25, 0.3) is 0 Å². The molecule has 0 fully saturated rings. The monoisotopic (exact) mass is 148 g/mol. The highest BCUT2D eigenvalue weighted by Gasteiger charge is 2.36. The van der Waals surface area contributed by atoms with Crippen LogP contribution in [0.3, 0.4) is 0 Å². The van der Waals surface area contributed by atoms with Crippen LogP contribution in [-0.4, -0.2) is 5.92 Å². The molecule has 1 rings (SSSR count). The van der Waals surface area contributed by atoms with E-state index in [1.165, 1.54) is 6.08 Å². The molecule has 1 aliphatic carbocycles. The minimum absolute atomic E-state index is 0.491. The first kappa shape index (κ1) is 7.38. The Hall–Kier alpha value is -0.730. The summed E-state index contributed by atoms with van der Waals surface area (Å²) in [4.78, 5) is 0. The lowest BCUT2D eigenvalue weighted by Crippen LogP contribution is -2.19. The first-order chi connectivity index (χ1) is 4.52. The van der Waals surface area contributed by atoms with E-state index in [2.05, 4.69) is 0 Å². The molecule has 0 aliphatic heterocycles. The average molecular weight is 148 g/mol. The molecule has 0 spiro atoms. The van der Waals surface area contributed by atoms with Crippen molar-refractivity contribution >= 4 is 0 Å². The van der Waals surface area contributed by atoms with Gasteiger partial charge in [0.2, 0.25) is 0 Å². The van der Waals surface area contributed by atoms with Crippen LogP contribution in [0, 0.1) is 0 Å². The predicted octanol–water partition coefficient (Wildman–Crippen LogP) is 2.83. The summed E-state index contributed by atoms with van der Waals surface area (Å²) in [7, 11) is 0. The Morgan fingerprint density at radius 3 is 2.40 bits per heavy atom. The van der Waals surface area contributed by atoms with Crippen molar-refractivity contribution in [2.45, 2.75) is 19.3 Å². The summed E-state index contributed by atoms with van der Waals surface area (Å²) in [5.41, 5.74) is 0.506. The maximum Gasteiger partial charge on any atom is 0.302 e. The van der Waals surface area contributed by atoms with E-state index in [0.29, 0.717) is 5.57 Å². The lowest BCUT2D eigenvalue weighted by atomic mass is 10.0. The molecule has 0 aromatic rings. The highest BCUT2D eigenvalue weighted by Crippen LogP contribution is 2.34. The van der Waals surface area contributed by atoms with Crippen LogP contribution < -0.4 is 0 Å². The van der Waals surface area contributed by atoms with E-state index in [1.807, 2.05) is 0 Å². The molecule has 10 heavy (non-hydrogen) atoms. The van der Waals surface area contributed by atoms with Crippen molar-refractivity contribution in [3.05, 3.63) is 23.6 Å². The second-order valence-electron chi connectivity index (χ2n) is 2.41. The number of halogens is 3. The van der Waals surface area contributed by atoms with Crippen molar-refractivity contribution in [1.82, 2.24) is 0 Å². The van der Waals surface area contributed by atoms with Gasteiger partial charge in [-0.25, -0.2) is 4.39 Å². The SMILES string of the molecule is CC1=CC=C(F)C(F)(F)C1. The van der Waals surface area contributed by atoms with Gasteiger partial charge in [-0.3, -0.25) is 0 Å². The van der Waals surface area contributed by atoms with E-state index in [-0.39, 0.29) is 0 Å². The van der Waals surface area contributed by atoms with Gasteiger partial charge in [-0.2, -0.15) is 8.78 Å². The summed E-state index contributed by atoms with van der Waals surface area (Å²) < 4.78 is 36.9. The third kappa shape index (κ3) is 1.23. The number of hydrogen-bond donors (Lipinski definition) is 0. The van der Waals surface area contributed by atoms with Gasteiger partial charge >= 0.3 is 5.92 Å². The smallest absolute Gasteiger partial charge is 0.205 e. The van der Waals surface area contributed by atoms with Crippen molar-refractivity contribution in [2.75, 3.05) is 0 Å². The van der Waals surface area contributed by atoms with E-state index in [0.717, 1.165) is 6.08 Å². The van der Waals surface area contributed by atoms with Crippen LogP contribution in [0.1, 0.15) is 13.3 Å². The number of alkyl halides is 2. The van der Waals surface area contributed by atoms with Crippen LogP contribution in [0.5, 0.6) is 0 Å². The molecule has 0 unspecified atom stereocenters. The van der Waals surface area contributed by atoms with E-state index in [9.17, 15) is 13.2 Å². The van der Waals surface area contributed by atoms with Gasteiger partial charge in [0.1, 0.15) is 0 Å². The van der Waals surface area contributed by atoms with Crippen molar-refractivity contribution in [2.24, 2.45) is 0 Å². The fraction of sp³-hybridized carbons (Fsp3) is 0.429. The Kier molecular flexibility index (Phi) is 1.58. The largest absolute Gasteiger partial charge is 0.302 e. The van der Waals surface area contributed by atoms with Crippen LogP contribution in [0.2, 0.25) is 0 Å². The van der Waals surface area contributed by atoms with Gasteiger partial charge in [-0.1, -0.05) is 11.6 Å². The molecular formula is C7H7F3. The Morgan fingerprint density at radius 1 is 1.40 bits per heavy atom. The Bertz CT molecular complexity index is 201. The zero-order valence-corrected chi connectivity index (χ0v) is 5.50. The van der Waals surface area contributed by atoms with E-state index in [4.69, 9.17) is 0 Å². The Morgan fingerprint density at radius 2 is 2.00 bits per heavy atom. The molecule has 0 atom stereocenters. The highest BCUT2D eigenvalue weighted by atomic mass is 19.3. The van der Waals surface area contributed by atoms with Gasteiger partial charge in [-0.15, -0.1) is 0 Å². The van der Waals surface area contributed by atoms with Crippen LogP contribution >= 0.6 is 0 Å². The van der Waals surface area contributed by atoms with Crippen molar-refractivity contribution in [3.8, 4) is 0 Å². The molecule has 0 N–H and O–H groups in total. The highest BCUT2D eigenvalue weighted by molar-refractivity contribution is 5.25. The molecular weight excluding hydrogens is 141 g/mol. The molecule has 0 aromatic heterocycles. The maximum atomic E-state index is 12.4. The van der Waals surface area contributed by atoms with Gasteiger partial charge in [0, 0.05) is 6.42 Å². The molecule has 0 saturated heterocycles. The quantitative estimate of drug-likeness (QED) is 0.495. The molecule has 0 radical (unpaired) electrons. The molecule has 56 valence electrons. The van der Waals surface area contributed by atoms with E-state index >= 15 is 0 Å². The fourth-order valence-electron chi connectivity index (χ4n) is 0.831. The average Bonchev–Trinajstić information content (AvgIpc) is 1.78. The fourth-order valence-corrected chi connectivity index (χ4v) is 0.831. The maximum absolute atomic E-state index is 12.4. The first-order valence-corrected chi connectivity index (χ1v) is 2.93. The Balaban J connectivity index is 2.89. The lowest BCUT2D eigenvalue weighted by Gasteiger charge is -2.17. The number of rotatable bonds is 0. The normalized spacial score (nSPS) is 23.6. The summed E-state index contributed by atoms with van der Waals surface area (Å²) in [5.74, 6) is -4.60. The zero-order valence-electron chi connectivity index (χ0n) is 5.50. The van der Waals surface area contributed by atoms with Crippen LogP contribution in [-0.2, 0) is 0 Å². The minimum atomic E-state index is -3.27. The molecule has 0 saturated carbocycles. The molecule has 3 heteroatoms. The van der Waals surface area contributed by atoms with Crippen LogP contribution in [0.4, 0.5) is 13.2 Å². The number of allylic oxidation sites excluding steroid dienone is 4. The molecule has 0 nitrogen and oxygen atoms in total. The van der Waals surface area contributed by atoms with E-state index < -0.39 is 18.2 Å². The topological polar surface area (TPSA) is 0 Å². The standard InChI is InChI=1S/C7H7F3/c1-5-2-3-6(8)7(9,10)4-5/h2-3H,4H2,1H3. The van der Waals surface area contributed by atoms with E-state index in [1.54, 1.807) is 6.92 Å². The summed E-state index contributed by atoms with van der Waals surface area (Å²) in [6.07, 6.45) is 1.70. The second-order valence-corrected chi connectivity index (χ2v) is 2.41. The second kappa shape index (κ2) is 2.15.